The second-order valence-corrected chi connectivity index (χ2v) is 5.76. The lowest BCUT2D eigenvalue weighted by Crippen LogP contribution is -2.33. The molecule has 1 aromatic carbocycles. The largest absolute Gasteiger partial charge is 0.325 e. The number of hydrogen-bond donors (Lipinski definition) is 4. The number of amides is 1. The third kappa shape index (κ3) is 6.50. The van der Waals surface area contributed by atoms with Crippen molar-refractivity contribution in [2.75, 3.05) is 16.6 Å². The van der Waals surface area contributed by atoms with Gasteiger partial charge in [-0.15, -0.1) is 0 Å². The maximum atomic E-state index is 11.7. The van der Waals surface area contributed by atoms with Crippen molar-refractivity contribution in [1.82, 2.24) is 5.32 Å². The molecule has 1 rings (SSSR count). The van der Waals surface area contributed by atoms with Crippen LogP contribution in [0.4, 0.5) is 11.4 Å². The number of hydrogen-bond acceptors (Lipinski definition) is 4. The quantitative estimate of drug-likeness (QED) is 0.591. The lowest BCUT2D eigenvalue weighted by Gasteiger charge is -2.12. The highest BCUT2D eigenvalue weighted by Gasteiger charge is 2.06. The third-order valence-electron chi connectivity index (χ3n) is 2.63. The molecule has 5 N–H and O–H groups in total. The number of carbonyl (C=O) groups is 1. The molecule has 0 aliphatic heterocycles. The van der Waals surface area contributed by atoms with E-state index in [9.17, 15) is 13.2 Å². The normalized spacial score (nSPS) is 12.8. The molecule has 0 aromatic heterocycles. The van der Waals surface area contributed by atoms with Gasteiger partial charge in [-0.25, -0.2) is 5.14 Å². The average Bonchev–Trinajstić information content (AvgIpc) is 2.34. The number of nitrogens with two attached hydrogens (primary N) is 1. The number of benzene rings is 1. The Balaban J connectivity index is 2.60. The Hall–Kier alpha value is -1.64. The molecular formula is C12H20N4O3S. The Bertz CT molecular complexity index is 560. The van der Waals surface area contributed by atoms with Crippen molar-refractivity contribution in [2.45, 2.75) is 26.3 Å². The van der Waals surface area contributed by atoms with Crippen LogP contribution in [0.2, 0.25) is 0 Å². The van der Waals surface area contributed by atoms with E-state index in [2.05, 4.69) is 15.4 Å². The van der Waals surface area contributed by atoms with E-state index in [-0.39, 0.29) is 18.5 Å². The van der Waals surface area contributed by atoms with Crippen LogP contribution in [0.5, 0.6) is 0 Å². The summed E-state index contributed by atoms with van der Waals surface area (Å²) in [6, 6.07) is 6.57. The summed E-state index contributed by atoms with van der Waals surface area (Å²) >= 11 is 0. The standard InChI is InChI=1S/C12H20N4O3S/c1-3-9(2)14-8-12(17)15-10-5-4-6-11(7-10)16-20(13,18)19/h4-7,9,14,16H,3,8H2,1-2H3,(H,15,17)(H2,13,18,19). The Morgan fingerprint density at radius 3 is 2.60 bits per heavy atom. The molecular weight excluding hydrogens is 280 g/mol. The monoisotopic (exact) mass is 300 g/mol. The predicted molar refractivity (Wildman–Crippen MR) is 79.6 cm³/mol. The van der Waals surface area contributed by atoms with Crippen LogP contribution in [0.15, 0.2) is 24.3 Å². The molecule has 0 saturated carbocycles. The van der Waals surface area contributed by atoms with Crippen LogP contribution in [0.1, 0.15) is 20.3 Å². The third-order valence-corrected chi connectivity index (χ3v) is 3.15. The van der Waals surface area contributed by atoms with Crippen molar-refractivity contribution in [3.8, 4) is 0 Å². The lowest BCUT2D eigenvalue weighted by molar-refractivity contribution is -0.115. The topological polar surface area (TPSA) is 113 Å². The number of nitrogens with one attached hydrogen (secondary N) is 3. The highest BCUT2D eigenvalue weighted by Crippen LogP contribution is 2.15. The van der Waals surface area contributed by atoms with E-state index >= 15 is 0 Å². The first-order chi connectivity index (χ1) is 9.30. The van der Waals surface area contributed by atoms with Crippen molar-refractivity contribution in [1.29, 1.82) is 0 Å². The fourth-order valence-electron chi connectivity index (χ4n) is 1.44. The first-order valence-corrected chi connectivity index (χ1v) is 7.78. The Morgan fingerprint density at radius 2 is 2.00 bits per heavy atom. The highest BCUT2D eigenvalue weighted by molar-refractivity contribution is 7.90. The molecule has 7 nitrogen and oxygen atoms in total. The minimum Gasteiger partial charge on any atom is -0.325 e. The predicted octanol–water partition coefficient (Wildman–Crippen LogP) is 0.629. The van der Waals surface area contributed by atoms with Crippen molar-refractivity contribution < 1.29 is 13.2 Å². The maximum absolute atomic E-state index is 11.7. The van der Waals surface area contributed by atoms with Crippen molar-refractivity contribution in [2.24, 2.45) is 5.14 Å². The number of anilines is 2. The summed E-state index contributed by atoms with van der Waals surface area (Å²) in [6.45, 7) is 4.21. The van der Waals surface area contributed by atoms with Gasteiger partial charge < -0.3 is 10.6 Å². The van der Waals surface area contributed by atoms with Gasteiger partial charge in [0.15, 0.2) is 0 Å². The average molecular weight is 300 g/mol. The molecule has 0 bridgehead atoms. The van der Waals surface area contributed by atoms with Crippen LogP contribution in [-0.2, 0) is 15.0 Å². The van der Waals surface area contributed by atoms with Crippen molar-refractivity contribution in [3.63, 3.8) is 0 Å². The minimum absolute atomic E-state index is 0.196. The molecule has 0 spiro atoms. The van der Waals surface area contributed by atoms with Gasteiger partial charge in [-0.05, 0) is 31.5 Å². The van der Waals surface area contributed by atoms with E-state index in [0.717, 1.165) is 6.42 Å². The van der Waals surface area contributed by atoms with Crippen LogP contribution in [-0.4, -0.2) is 26.9 Å². The molecule has 0 aliphatic rings. The van der Waals surface area contributed by atoms with Crippen LogP contribution in [0, 0.1) is 0 Å². The number of carbonyl (C=O) groups excluding carboxylic acids is 1. The minimum atomic E-state index is -3.82. The molecule has 1 unspecified atom stereocenters. The van der Waals surface area contributed by atoms with E-state index in [1.807, 2.05) is 13.8 Å². The second kappa shape index (κ2) is 7.22. The fraction of sp³-hybridized carbons (Fsp3) is 0.417. The van der Waals surface area contributed by atoms with Gasteiger partial charge >= 0.3 is 0 Å². The lowest BCUT2D eigenvalue weighted by atomic mass is 10.2. The summed E-state index contributed by atoms with van der Waals surface area (Å²) in [7, 11) is -3.82. The molecule has 1 aromatic rings. The zero-order valence-corrected chi connectivity index (χ0v) is 12.3. The Morgan fingerprint density at radius 1 is 1.35 bits per heavy atom. The van der Waals surface area contributed by atoms with E-state index in [1.54, 1.807) is 12.1 Å². The van der Waals surface area contributed by atoms with E-state index in [1.165, 1.54) is 12.1 Å². The first kappa shape index (κ1) is 16.4. The summed E-state index contributed by atoms with van der Waals surface area (Å²) in [5.41, 5.74) is 0.787. The van der Waals surface area contributed by atoms with Crippen molar-refractivity contribution >= 4 is 27.5 Å². The van der Waals surface area contributed by atoms with Gasteiger partial charge in [-0.2, -0.15) is 8.42 Å². The molecule has 0 saturated heterocycles. The van der Waals surface area contributed by atoms with Crippen LogP contribution < -0.4 is 20.5 Å². The summed E-state index contributed by atoms with van der Waals surface area (Å²) in [4.78, 5) is 11.7. The van der Waals surface area contributed by atoms with Gasteiger partial charge in [0.25, 0.3) is 10.2 Å². The molecule has 20 heavy (non-hydrogen) atoms. The summed E-state index contributed by atoms with van der Waals surface area (Å²) in [6.07, 6.45) is 0.932. The summed E-state index contributed by atoms with van der Waals surface area (Å²) < 4.78 is 24.0. The molecule has 1 amide bonds. The number of rotatable bonds is 7. The first-order valence-electron chi connectivity index (χ1n) is 6.24. The van der Waals surface area contributed by atoms with Crippen LogP contribution in [0.3, 0.4) is 0 Å². The molecule has 0 aliphatic carbocycles. The van der Waals surface area contributed by atoms with Gasteiger partial charge in [-0.1, -0.05) is 13.0 Å². The van der Waals surface area contributed by atoms with Crippen LogP contribution >= 0.6 is 0 Å². The molecule has 112 valence electrons. The highest BCUT2D eigenvalue weighted by atomic mass is 32.2. The van der Waals surface area contributed by atoms with Gasteiger partial charge in [-0.3, -0.25) is 9.52 Å². The van der Waals surface area contributed by atoms with E-state index in [0.29, 0.717) is 11.4 Å². The fourth-order valence-corrected chi connectivity index (χ4v) is 1.90. The Labute approximate surface area is 119 Å². The van der Waals surface area contributed by atoms with E-state index < -0.39 is 10.2 Å². The SMILES string of the molecule is CCC(C)NCC(=O)Nc1cccc(NS(N)(=O)=O)c1. The molecule has 0 radical (unpaired) electrons. The molecule has 0 heterocycles. The van der Waals surface area contributed by atoms with Crippen LogP contribution in [0.25, 0.3) is 0 Å². The second-order valence-electron chi connectivity index (χ2n) is 4.47. The molecule has 0 fully saturated rings. The smallest absolute Gasteiger partial charge is 0.296 e. The zero-order valence-electron chi connectivity index (χ0n) is 11.5. The van der Waals surface area contributed by atoms with E-state index in [4.69, 9.17) is 5.14 Å². The molecule has 1 atom stereocenters. The van der Waals surface area contributed by atoms with Gasteiger partial charge in [0.05, 0.1) is 12.2 Å². The van der Waals surface area contributed by atoms with Crippen molar-refractivity contribution in [3.05, 3.63) is 24.3 Å². The van der Waals surface area contributed by atoms with Gasteiger partial charge in [0.1, 0.15) is 0 Å². The maximum Gasteiger partial charge on any atom is 0.296 e. The zero-order chi connectivity index (χ0) is 15.2. The van der Waals surface area contributed by atoms with Gasteiger partial charge in [0, 0.05) is 11.7 Å². The Kier molecular flexibility index (Phi) is 5.93. The van der Waals surface area contributed by atoms with Gasteiger partial charge in [0.2, 0.25) is 5.91 Å². The molecule has 8 heteroatoms. The summed E-state index contributed by atoms with van der Waals surface area (Å²) in [5.74, 6) is -0.196. The summed E-state index contributed by atoms with van der Waals surface area (Å²) in [5, 5.41) is 10.6.